The number of hydrogen-bond donors (Lipinski definition) is 2. The number of nitrogens with zero attached hydrogens (tertiary/aromatic N) is 1. The van der Waals surface area contributed by atoms with Crippen molar-refractivity contribution >= 4 is 17.8 Å². The molecule has 1 atom stereocenters. The van der Waals surface area contributed by atoms with Gasteiger partial charge in [0.25, 0.3) is 11.8 Å². The van der Waals surface area contributed by atoms with Crippen molar-refractivity contribution in [1.29, 1.82) is 0 Å². The first-order chi connectivity index (χ1) is 12.2. The van der Waals surface area contributed by atoms with Gasteiger partial charge >= 0.3 is 5.97 Å². The highest BCUT2D eigenvalue weighted by atomic mass is 16.5. The fraction of sp³-hybridized carbons (Fsp3) is 0.526. The van der Waals surface area contributed by atoms with E-state index in [1.165, 1.54) is 0 Å². The van der Waals surface area contributed by atoms with E-state index in [4.69, 9.17) is 9.84 Å². The highest BCUT2D eigenvalue weighted by Gasteiger charge is 2.26. The van der Waals surface area contributed by atoms with Gasteiger partial charge in [-0.1, -0.05) is 20.8 Å². The highest BCUT2D eigenvalue weighted by Crippen LogP contribution is 2.14. The van der Waals surface area contributed by atoms with Crippen LogP contribution in [0.4, 0.5) is 0 Å². The van der Waals surface area contributed by atoms with Gasteiger partial charge < -0.3 is 20.1 Å². The molecule has 2 rings (SSSR count). The Balaban J connectivity index is 1.97. The lowest BCUT2D eigenvalue weighted by Gasteiger charge is -2.32. The third-order valence-electron chi connectivity index (χ3n) is 4.00. The molecular formula is C19H26N2O5. The van der Waals surface area contributed by atoms with E-state index in [1.807, 2.05) is 20.8 Å². The zero-order valence-electron chi connectivity index (χ0n) is 15.4. The Morgan fingerprint density at radius 1 is 1.19 bits per heavy atom. The van der Waals surface area contributed by atoms with Gasteiger partial charge in [0, 0.05) is 30.8 Å². The molecule has 142 valence electrons. The molecule has 1 unspecified atom stereocenters. The Labute approximate surface area is 153 Å². The standard InChI is InChI=1S/C19H26N2O5/c1-19(2,3)12-20-17(24)13-4-6-14(7-5-13)18(25)21-8-9-26-15(11-21)10-16(22)23/h4-7,15H,8-12H2,1-3H3,(H,20,24)(H,22,23). The fourth-order valence-electron chi connectivity index (χ4n) is 2.62. The van der Waals surface area contributed by atoms with Crippen LogP contribution >= 0.6 is 0 Å². The molecule has 7 heteroatoms. The van der Waals surface area contributed by atoms with Gasteiger partial charge in [0.2, 0.25) is 0 Å². The molecule has 7 nitrogen and oxygen atoms in total. The number of carboxylic acid groups (broad SMARTS) is 1. The number of benzene rings is 1. The highest BCUT2D eigenvalue weighted by molar-refractivity contribution is 5.97. The number of carbonyl (C=O) groups excluding carboxylic acids is 2. The number of aliphatic carboxylic acids is 1. The minimum atomic E-state index is -0.949. The Morgan fingerprint density at radius 2 is 1.81 bits per heavy atom. The van der Waals surface area contributed by atoms with Crippen LogP contribution in [0, 0.1) is 5.41 Å². The van der Waals surface area contributed by atoms with Crippen LogP contribution in [0.25, 0.3) is 0 Å². The van der Waals surface area contributed by atoms with Crippen LogP contribution in [-0.4, -0.2) is 60.1 Å². The first-order valence-electron chi connectivity index (χ1n) is 8.66. The van der Waals surface area contributed by atoms with E-state index < -0.39 is 12.1 Å². The van der Waals surface area contributed by atoms with Crippen molar-refractivity contribution in [2.24, 2.45) is 5.41 Å². The molecule has 26 heavy (non-hydrogen) atoms. The van der Waals surface area contributed by atoms with Crippen molar-refractivity contribution in [2.45, 2.75) is 33.3 Å². The minimum Gasteiger partial charge on any atom is -0.481 e. The van der Waals surface area contributed by atoms with Crippen molar-refractivity contribution < 1.29 is 24.2 Å². The van der Waals surface area contributed by atoms with E-state index in [0.717, 1.165) is 0 Å². The number of rotatable bonds is 5. The number of carbonyl (C=O) groups is 3. The lowest BCUT2D eigenvalue weighted by molar-refractivity contribution is -0.141. The fourth-order valence-corrected chi connectivity index (χ4v) is 2.62. The summed E-state index contributed by atoms with van der Waals surface area (Å²) < 4.78 is 5.38. The molecule has 1 aromatic carbocycles. The second-order valence-electron chi connectivity index (χ2n) is 7.66. The lowest BCUT2D eigenvalue weighted by atomic mass is 9.97. The molecule has 0 radical (unpaired) electrons. The van der Waals surface area contributed by atoms with E-state index >= 15 is 0 Å². The lowest BCUT2D eigenvalue weighted by Crippen LogP contribution is -2.46. The monoisotopic (exact) mass is 362 g/mol. The predicted octanol–water partition coefficient (Wildman–Crippen LogP) is 1.78. The third kappa shape index (κ3) is 5.84. The molecule has 2 N–H and O–H groups in total. The summed E-state index contributed by atoms with van der Waals surface area (Å²) in [6.45, 7) is 7.66. The quantitative estimate of drug-likeness (QED) is 0.832. The number of hydrogen-bond acceptors (Lipinski definition) is 4. The van der Waals surface area contributed by atoms with Crippen LogP contribution in [0.2, 0.25) is 0 Å². The van der Waals surface area contributed by atoms with Gasteiger partial charge in [0.05, 0.1) is 19.1 Å². The molecule has 1 aliphatic heterocycles. The molecular weight excluding hydrogens is 336 g/mol. The Hall–Kier alpha value is -2.41. The molecule has 0 aliphatic carbocycles. The summed E-state index contributed by atoms with van der Waals surface area (Å²) in [6, 6.07) is 6.49. The van der Waals surface area contributed by atoms with Gasteiger partial charge in [-0.25, -0.2) is 0 Å². The minimum absolute atomic E-state index is 0.00556. The molecule has 2 amide bonds. The second kappa shape index (κ2) is 8.31. The number of morpholine rings is 1. The summed E-state index contributed by atoms with van der Waals surface area (Å²) in [5.41, 5.74) is 0.957. The zero-order valence-corrected chi connectivity index (χ0v) is 15.4. The molecule has 0 spiro atoms. The maximum atomic E-state index is 12.6. The average molecular weight is 362 g/mol. The molecule has 0 saturated carbocycles. The largest absolute Gasteiger partial charge is 0.481 e. The van der Waals surface area contributed by atoms with Crippen LogP contribution in [0.15, 0.2) is 24.3 Å². The summed E-state index contributed by atoms with van der Waals surface area (Å²) in [5.74, 6) is -1.31. The zero-order chi connectivity index (χ0) is 19.3. The van der Waals surface area contributed by atoms with Crippen molar-refractivity contribution in [2.75, 3.05) is 26.2 Å². The maximum Gasteiger partial charge on any atom is 0.306 e. The topological polar surface area (TPSA) is 95.9 Å². The molecule has 1 aromatic rings. The van der Waals surface area contributed by atoms with Gasteiger partial charge in [0.15, 0.2) is 0 Å². The Bertz CT molecular complexity index is 664. The van der Waals surface area contributed by atoms with E-state index in [9.17, 15) is 14.4 Å². The molecule has 1 heterocycles. The molecule has 1 aliphatic rings. The van der Waals surface area contributed by atoms with Crippen molar-refractivity contribution in [3.8, 4) is 0 Å². The number of amides is 2. The van der Waals surface area contributed by atoms with E-state index in [2.05, 4.69) is 5.32 Å². The van der Waals surface area contributed by atoms with Crippen LogP contribution < -0.4 is 5.32 Å². The van der Waals surface area contributed by atoms with E-state index in [0.29, 0.717) is 30.8 Å². The van der Waals surface area contributed by atoms with Crippen LogP contribution in [0.5, 0.6) is 0 Å². The van der Waals surface area contributed by atoms with Crippen LogP contribution in [-0.2, 0) is 9.53 Å². The predicted molar refractivity (Wildman–Crippen MR) is 96.1 cm³/mol. The second-order valence-corrected chi connectivity index (χ2v) is 7.66. The van der Waals surface area contributed by atoms with Gasteiger partial charge in [-0.3, -0.25) is 14.4 Å². The summed E-state index contributed by atoms with van der Waals surface area (Å²) in [4.78, 5) is 37.1. The SMILES string of the molecule is CC(C)(C)CNC(=O)c1ccc(C(=O)N2CCOC(CC(=O)O)C2)cc1. The van der Waals surface area contributed by atoms with Crippen LogP contribution in [0.1, 0.15) is 47.9 Å². The van der Waals surface area contributed by atoms with Crippen LogP contribution in [0.3, 0.4) is 0 Å². The Kier molecular flexibility index (Phi) is 6.37. The molecule has 0 aromatic heterocycles. The maximum absolute atomic E-state index is 12.6. The average Bonchev–Trinajstić information content (AvgIpc) is 2.58. The number of nitrogens with one attached hydrogen (secondary N) is 1. The number of ether oxygens (including phenoxy) is 1. The summed E-state index contributed by atoms with van der Waals surface area (Å²) >= 11 is 0. The summed E-state index contributed by atoms with van der Waals surface area (Å²) in [5, 5.41) is 11.7. The normalized spacial score (nSPS) is 17.7. The summed E-state index contributed by atoms with van der Waals surface area (Å²) in [6.07, 6.45) is -0.621. The van der Waals surface area contributed by atoms with Crippen molar-refractivity contribution in [3.05, 3.63) is 35.4 Å². The smallest absolute Gasteiger partial charge is 0.306 e. The van der Waals surface area contributed by atoms with E-state index in [-0.39, 0.29) is 30.2 Å². The molecule has 0 bridgehead atoms. The molecule has 1 fully saturated rings. The van der Waals surface area contributed by atoms with Crippen molar-refractivity contribution in [1.82, 2.24) is 10.2 Å². The van der Waals surface area contributed by atoms with Crippen molar-refractivity contribution in [3.63, 3.8) is 0 Å². The third-order valence-corrected chi connectivity index (χ3v) is 4.00. The number of carboxylic acids is 1. The molecule has 1 saturated heterocycles. The summed E-state index contributed by atoms with van der Waals surface area (Å²) in [7, 11) is 0. The van der Waals surface area contributed by atoms with E-state index in [1.54, 1.807) is 29.2 Å². The van der Waals surface area contributed by atoms with Gasteiger partial charge in [-0.15, -0.1) is 0 Å². The Morgan fingerprint density at radius 3 is 2.38 bits per heavy atom. The van der Waals surface area contributed by atoms with Gasteiger partial charge in [-0.2, -0.15) is 0 Å². The van der Waals surface area contributed by atoms with Gasteiger partial charge in [-0.05, 0) is 29.7 Å². The van der Waals surface area contributed by atoms with Gasteiger partial charge in [0.1, 0.15) is 0 Å². The first kappa shape index (κ1) is 19.9. The first-order valence-corrected chi connectivity index (χ1v) is 8.66.